The second-order valence-corrected chi connectivity index (χ2v) is 7.65. The summed E-state index contributed by atoms with van der Waals surface area (Å²) in [6.45, 7) is 0. The second-order valence-electron chi connectivity index (χ2n) is 4.87. The first kappa shape index (κ1) is 13.8. The topological polar surface area (TPSA) is 34.1 Å². The fraction of sp³-hybridized carbons (Fsp3) is 0.538. The van der Waals surface area contributed by atoms with Crippen molar-refractivity contribution >= 4 is 19.7 Å². The summed E-state index contributed by atoms with van der Waals surface area (Å²) >= 11 is 0. The quantitative estimate of drug-likeness (QED) is 0.790. The number of benzene rings is 1. The Morgan fingerprint density at radius 3 is 2.44 bits per heavy atom. The van der Waals surface area contributed by atoms with E-state index in [9.17, 15) is 12.8 Å². The van der Waals surface area contributed by atoms with E-state index in [1.807, 2.05) is 0 Å². The van der Waals surface area contributed by atoms with Gasteiger partial charge in [0, 0.05) is 10.7 Å². The summed E-state index contributed by atoms with van der Waals surface area (Å²) in [7, 11) is 1.53. The van der Waals surface area contributed by atoms with E-state index in [4.69, 9.17) is 10.7 Å². The van der Waals surface area contributed by atoms with Crippen LogP contribution in [-0.2, 0) is 14.8 Å². The molecule has 100 valence electrons. The maximum absolute atomic E-state index is 14.0. The van der Waals surface area contributed by atoms with Gasteiger partial charge in [0.15, 0.2) is 0 Å². The van der Waals surface area contributed by atoms with E-state index in [2.05, 4.69) is 0 Å². The molecule has 0 amide bonds. The zero-order valence-electron chi connectivity index (χ0n) is 10.0. The van der Waals surface area contributed by atoms with E-state index in [-0.39, 0.29) is 17.5 Å². The zero-order chi connectivity index (χ0) is 13.2. The maximum Gasteiger partial charge on any atom is 0.236 e. The van der Waals surface area contributed by atoms with Crippen LogP contribution in [0.3, 0.4) is 0 Å². The average molecular weight is 291 g/mol. The molecule has 0 atom stereocenters. The van der Waals surface area contributed by atoms with Gasteiger partial charge in [0.25, 0.3) is 0 Å². The van der Waals surface area contributed by atoms with Crippen LogP contribution in [0.25, 0.3) is 0 Å². The van der Waals surface area contributed by atoms with Crippen molar-refractivity contribution < 1.29 is 12.8 Å². The molecule has 0 aliphatic heterocycles. The van der Waals surface area contributed by atoms with Gasteiger partial charge >= 0.3 is 0 Å². The molecule has 5 heteroatoms. The van der Waals surface area contributed by atoms with Crippen molar-refractivity contribution in [1.82, 2.24) is 0 Å². The highest BCUT2D eigenvalue weighted by molar-refractivity contribution is 8.13. The lowest BCUT2D eigenvalue weighted by atomic mass is 9.83. The molecule has 1 saturated carbocycles. The Bertz CT molecular complexity index is 522. The van der Waals surface area contributed by atoms with Crippen LogP contribution < -0.4 is 0 Å². The van der Waals surface area contributed by atoms with Crippen LogP contribution >= 0.6 is 10.7 Å². The van der Waals surface area contributed by atoms with Gasteiger partial charge in [-0.3, -0.25) is 0 Å². The highest BCUT2D eigenvalue weighted by Crippen LogP contribution is 2.34. The van der Waals surface area contributed by atoms with E-state index < -0.39 is 9.05 Å². The first-order valence-corrected chi connectivity index (χ1v) is 8.64. The van der Waals surface area contributed by atoms with Gasteiger partial charge in [0.2, 0.25) is 9.05 Å². The summed E-state index contributed by atoms with van der Waals surface area (Å²) in [6, 6.07) is 4.67. The molecule has 18 heavy (non-hydrogen) atoms. The Balaban J connectivity index is 2.19. The number of halogens is 2. The van der Waals surface area contributed by atoms with Crippen molar-refractivity contribution in [2.75, 3.05) is 0 Å². The highest BCUT2D eigenvalue weighted by atomic mass is 35.7. The van der Waals surface area contributed by atoms with Crippen molar-refractivity contribution in [1.29, 1.82) is 0 Å². The fourth-order valence-electron chi connectivity index (χ4n) is 2.60. The van der Waals surface area contributed by atoms with Crippen LogP contribution in [0.5, 0.6) is 0 Å². The summed E-state index contributed by atoms with van der Waals surface area (Å²) < 4.78 is 35.9. The first-order valence-electron chi connectivity index (χ1n) is 6.16. The van der Waals surface area contributed by atoms with E-state index in [0.29, 0.717) is 11.1 Å². The lowest BCUT2D eigenvalue weighted by Crippen LogP contribution is -2.07. The van der Waals surface area contributed by atoms with E-state index in [1.165, 1.54) is 12.5 Å². The smallest absolute Gasteiger partial charge is 0.212 e. The molecular formula is C13H16ClFO2S. The van der Waals surface area contributed by atoms with E-state index in [1.54, 1.807) is 12.1 Å². The molecule has 0 saturated heterocycles. The molecule has 2 rings (SSSR count). The molecule has 0 aromatic heterocycles. The third-order valence-electron chi connectivity index (χ3n) is 3.45. The van der Waals surface area contributed by atoms with Crippen molar-refractivity contribution in [2.24, 2.45) is 0 Å². The lowest BCUT2D eigenvalue weighted by Gasteiger charge is -2.22. The summed E-state index contributed by atoms with van der Waals surface area (Å²) in [5.74, 6) is -0.351. The van der Waals surface area contributed by atoms with Crippen molar-refractivity contribution in [2.45, 2.75) is 43.8 Å². The molecule has 0 N–H and O–H groups in total. The molecule has 1 aromatic rings. The standard InChI is InChI=1S/C13H16ClFO2S/c14-18(16,17)9-10-6-7-12(13(15)8-10)11-4-2-1-3-5-11/h6-8,11H,1-5,9H2. The van der Waals surface area contributed by atoms with E-state index >= 15 is 0 Å². The molecule has 1 aromatic carbocycles. The fourth-order valence-corrected chi connectivity index (χ4v) is 3.56. The lowest BCUT2D eigenvalue weighted by molar-refractivity contribution is 0.429. The van der Waals surface area contributed by atoms with Crippen molar-refractivity contribution in [3.05, 3.63) is 35.1 Å². The van der Waals surface area contributed by atoms with Crippen molar-refractivity contribution in [3.63, 3.8) is 0 Å². The summed E-state index contributed by atoms with van der Waals surface area (Å²) in [6.07, 6.45) is 5.54. The van der Waals surface area contributed by atoms with E-state index in [0.717, 1.165) is 25.7 Å². The highest BCUT2D eigenvalue weighted by Gasteiger charge is 2.19. The van der Waals surface area contributed by atoms with Gasteiger partial charge in [-0.25, -0.2) is 12.8 Å². The Hall–Kier alpha value is -0.610. The minimum atomic E-state index is -3.63. The number of rotatable bonds is 3. The van der Waals surface area contributed by atoms with Gasteiger partial charge in [-0.05, 0) is 36.0 Å². The molecule has 1 fully saturated rings. The molecule has 1 aliphatic rings. The molecule has 1 aliphatic carbocycles. The molecule has 0 spiro atoms. The van der Waals surface area contributed by atoms with Crippen LogP contribution in [0.1, 0.15) is 49.1 Å². The monoisotopic (exact) mass is 290 g/mol. The van der Waals surface area contributed by atoms with Crippen LogP contribution in [-0.4, -0.2) is 8.42 Å². The molecule has 0 radical (unpaired) electrons. The predicted octanol–water partition coefficient (Wildman–Crippen LogP) is 3.94. The Labute approximate surface area is 112 Å². The van der Waals surface area contributed by atoms with Gasteiger partial charge in [-0.15, -0.1) is 0 Å². The normalized spacial score (nSPS) is 17.9. The summed E-state index contributed by atoms with van der Waals surface area (Å²) in [5.41, 5.74) is 1.12. The van der Waals surface area contributed by atoms with Gasteiger partial charge in [-0.2, -0.15) is 0 Å². The van der Waals surface area contributed by atoms with Gasteiger partial charge in [0.05, 0.1) is 5.75 Å². The van der Waals surface area contributed by atoms with Crippen molar-refractivity contribution in [3.8, 4) is 0 Å². The average Bonchev–Trinajstić information content (AvgIpc) is 2.28. The maximum atomic E-state index is 14.0. The molecular weight excluding hydrogens is 275 g/mol. The number of hydrogen-bond acceptors (Lipinski definition) is 2. The van der Waals surface area contributed by atoms with Gasteiger partial charge in [-0.1, -0.05) is 31.4 Å². The minimum absolute atomic E-state index is 0.278. The second kappa shape index (κ2) is 5.57. The Morgan fingerprint density at radius 2 is 1.89 bits per heavy atom. The number of hydrogen-bond donors (Lipinski definition) is 0. The Morgan fingerprint density at radius 1 is 1.22 bits per heavy atom. The molecule has 0 bridgehead atoms. The summed E-state index contributed by atoms with van der Waals surface area (Å²) in [4.78, 5) is 0. The first-order chi connectivity index (χ1) is 8.46. The van der Waals surface area contributed by atoms with Crippen LogP contribution in [0.15, 0.2) is 18.2 Å². The third kappa shape index (κ3) is 3.69. The largest absolute Gasteiger partial charge is 0.236 e. The van der Waals surface area contributed by atoms with Crippen LogP contribution in [0.4, 0.5) is 4.39 Å². The van der Waals surface area contributed by atoms with Crippen LogP contribution in [0, 0.1) is 5.82 Å². The summed E-state index contributed by atoms with van der Waals surface area (Å²) in [5, 5.41) is 0. The Kier molecular flexibility index (Phi) is 4.28. The molecule has 0 unspecified atom stereocenters. The van der Waals surface area contributed by atoms with Crippen LogP contribution in [0.2, 0.25) is 0 Å². The zero-order valence-corrected chi connectivity index (χ0v) is 11.6. The molecule has 2 nitrogen and oxygen atoms in total. The minimum Gasteiger partial charge on any atom is -0.212 e. The SMILES string of the molecule is O=S(=O)(Cl)Cc1ccc(C2CCCCC2)c(F)c1. The third-order valence-corrected chi connectivity index (χ3v) is 4.45. The van der Waals surface area contributed by atoms with Gasteiger partial charge in [0.1, 0.15) is 5.82 Å². The van der Waals surface area contributed by atoms with Gasteiger partial charge < -0.3 is 0 Å². The predicted molar refractivity (Wildman–Crippen MR) is 70.7 cm³/mol. The molecule has 0 heterocycles.